The predicted molar refractivity (Wildman–Crippen MR) is 127 cm³/mol. The lowest BCUT2D eigenvalue weighted by atomic mass is 9.96. The largest absolute Gasteiger partial charge is 0.385 e. The van der Waals surface area contributed by atoms with Crippen LogP contribution >= 0.6 is 12.2 Å². The molecule has 5 nitrogen and oxygen atoms in total. The van der Waals surface area contributed by atoms with Gasteiger partial charge in [-0.25, -0.2) is 0 Å². The van der Waals surface area contributed by atoms with Crippen molar-refractivity contribution >= 4 is 23.0 Å². The van der Waals surface area contributed by atoms with Crippen LogP contribution in [0.25, 0.3) is 0 Å². The van der Waals surface area contributed by atoms with Gasteiger partial charge >= 0.3 is 0 Å². The zero-order valence-electron chi connectivity index (χ0n) is 17.8. The summed E-state index contributed by atoms with van der Waals surface area (Å²) in [7, 11) is 2.12. The average molecular weight is 420 g/mol. The molecule has 1 fully saturated rings. The van der Waals surface area contributed by atoms with Gasteiger partial charge in [-0.1, -0.05) is 24.3 Å². The molecule has 1 saturated heterocycles. The van der Waals surface area contributed by atoms with Gasteiger partial charge in [0.15, 0.2) is 5.11 Å². The Labute approximate surface area is 184 Å². The number of nitrogens with zero attached hydrogens (tertiary/aromatic N) is 3. The standard InChI is InChI=1S/C24H29N5S/c1-17-16-20(18(2)28(17)3)23-22(21-12-7-8-13-26-21)27-24(30)29(23)15-9-14-25-19-10-5-4-6-11-19/h4-8,10-13,16,22-23,25H,9,14-15H2,1-3H3,(H,27,30)/t22-,23-/m1/s1. The first kappa shape index (κ1) is 20.4. The Balaban J connectivity index is 1.55. The fourth-order valence-electron chi connectivity index (χ4n) is 4.21. The molecule has 2 atom stereocenters. The highest BCUT2D eigenvalue weighted by Crippen LogP contribution is 2.40. The summed E-state index contributed by atoms with van der Waals surface area (Å²) >= 11 is 5.78. The Bertz CT molecular complexity index is 999. The van der Waals surface area contributed by atoms with Crippen molar-refractivity contribution in [3.05, 3.63) is 83.4 Å². The third-order valence-electron chi connectivity index (χ3n) is 6.01. The highest BCUT2D eigenvalue weighted by molar-refractivity contribution is 7.80. The molecule has 30 heavy (non-hydrogen) atoms. The van der Waals surface area contributed by atoms with Crippen molar-refractivity contribution in [2.45, 2.75) is 32.4 Å². The second-order valence-corrected chi connectivity index (χ2v) is 8.24. The van der Waals surface area contributed by atoms with Gasteiger partial charge in [0.25, 0.3) is 0 Å². The SMILES string of the molecule is Cc1cc([C@@H]2[C@@H](c3ccccn3)NC(=S)N2CCCNc2ccccc2)c(C)n1C. The Morgan fingerprint density at radius 3 is 2.53 bits per heavy atom. The Morgan fingerprint density at radius 1 is 1.10 bits per heavy atom. The first-order valence-electron chi connectivity index (χ1n) is 10.5. The van der Waals surface area contributed by atoms with Crippen molar-refractivity contribution in [3.8, 4) is 0 Å². The highest BCUT2D eigenvalue weighted by Gasteiger charge is 2.40. The van der Waals surface area contributed by atoms with E-state index >= 15 is 0 Å². The minimum atomic E-state index is 0.0429. The van der Waals surface area contributed by atoms with Crippen LogP contribution < -0.4 is 10.6 Å². The van der Waals surface area contributed by atoms with Crippen LogP contribution in [-0.4, -0.2) is 32.7 Å². The van der Waals surface area contributed by atoms with Crippen molar-refractivity contribution in [3.63, 3.8) is 0 Å². The minimum absolute atomic E-state index is 0.0429. The van der Waals surface area contributed by atoms with Gasteiger partial charge in [-0.05, 0) is 68.4 Å². The Kier molecular flexibility index (Phi) is 6.04. The Morgan fingerprint density at radius 2 is 1.87 bits per heavy atom. The lowest BCUT2D eigenvalue weighted by Gasteiger charge is -2.28. The van der Waals surface area contributed by atoms with E-state index in [1.165, 1.54) is 17.0 Å². The summed E-state index contributed by atoms with van der Waals surface area (Å²) in [6, 6.07) is 18.9. The number of rotatable bonds is 7. The average Bonchev–Trinajstić information content (AvgIpc) is 3.23. The molecule has 2 aromatic heterocycles. The molecule has 1 aliphatic heterocycles. The lowest BCUT2D eigenvalue weighted by molar-refractivity contribution is 0.315. The van der Waals surface area contributed by atoms with E-state index in [2.05, 4.69) is 82.4 Å². The summed E-state index contributed by atoms with van der Waals surface area (Å²) in [4.78, 5) is 6.97. The molecule has 2 N–H and O–H groups in total. The molecule has 6 heteroatoms. The molecule has 1 aromatic carbocycles. The molecule has 0 unspecified atom stereocenters. The monoisotopic (exact) mass is 419 g/mol. The molecule has 3 aromatic rings. The first-order chi connectivity index (χ1) is 14.6. The molecule has 0 saturated carbocycles. The molecule has 156 valence electrons. The van der Waals surface area contributed by atoms with Gasteiger partial charge in [-0.3, -0.25) is 4.98 Å². The van der Waals surface area contributed by atoms with Gasteiger partial charge in [0.1, 0.15) is 0 Å². The number of nitrogens with one attached hydrogen (secondary N) is 2. The van der Waals surface area contributed by atoms with Gasteiger partial charge in [0.2, 0.25) is 0 Å². The van der Waals surface area contributed by atoms with Gasteiger partial charge in [0, 0.05) is 43.4 Å². The third-order valence-corrected chi connectivity index (χ3v) is 6.36. The van der Waals surface area contributed by atoms with E-state index in [0.717, 1.165) is 36.0 Å². The van der Waals surface area contributed by atoms with E-state index in [9.17, 15) is 0 Å². The van der Waals surface area contributed by atoms with E-state index in [4.69, 9.17) is 12.2 Å². The number of benzene rings is 1. The summed E-state index contributed by atoms with van der Waals surface area (Å²) in [6.07, 6.45) is 2.85. The van der Waals surface area contributed by atoms with Crippen LogP contribution in [0.5, 0.6) is 0 Å². The summed E-state index contributed by atoms with van der Waals surface area (Å²) < 4.78 is 2.25. The zero-order chi connectivity index (χ0) is 21.1. The topological polar surface area (TPSA) is 45.1 Å². The first-order valence-corrected chi connectivity index (χ1v) is 10.9. The van der Waals surface area contributed by atoms with Crippen molar-refractivity contribution < 1.29 is 0 Å². The lowest BCUT2D eigenvalue weighted by Crippen LogP contribution is -2.31. The van der Waals surface area contributed by atoms with Gasteiger partial charge in [-0.15, -0.1) is 0 Å². The van der Waals surface area contributed by atoms with Crippen molar-refractivity contribution in [1.29, 1.82) is 0 Å². The maximum absolute atomic E-state index is 5.78. The minimum Gasteiger partial charge on any atom is -0.385 e. The molecule has 0 amide bonds. The number of thiocarbonyl (C=S) groups is 1. The fourth-order valence-corrected chi connectivity index (χ4v) is 4.54. The summed E-state index contributed by atoms with van der Waals surface area (Å²) in [5, 5.41) is 7.85. The van der Waals surface area contributed by atoms with E-state index in [0.29, 0.717) is 0 Å². The van der Waals surface area contributed by atoms with Crippen LogP contribution in [0.4, 0.5) is 5.69 Å². The van der Waals surface area contributed by atoms with E-state index in [1.54, 1.807) is 0 Å². The fraction of sp³-hybridized carbons (Fsp3) is 0.333. The molecule has 0 bridgehead atoms. The molecule has 0 spiro atoms. The maximum atomic E-state index is 5.78. The van der Waals surface area contributed by atoms with Crippen molar-refractivity contribution in [2.75, 3.05) is 18.4 Å². The van der Waals surface area contributed by atoms with Crippen LogP contribution in [0.3, 0.4) is 0 Å². The van der Waals surface area contributed by atoms with Crippen LogP contribution in [0.1, 0.15) is 41.1 Å². The molecule has 1 aliphatic rings. The normalized spacial score (nSPS) is 18.5. The number of aryl methyl sites for hydroxylation is 1. The van der Waals surface area contributed by atoms with Crippen LogP contribution in [0, 0.1) is 13.8 Å². The Hall–Kier alpha value is -2.86. The predicted octanol–water partition coefficient (Wildman–Crippen LogP) is 4.51. The molecular formula is C24H29N5S. The van der Waals surface area contributed by atoms with Crippen LogP contribution in [0.15, 0.2) is 60.8 Å². The van der Waals surface area contributed by atoms with Crippen molar-refractivity contribution in [2.24, 2.45) is 7.05 Å². The van der Waals surface area contributed by atoms with E-state index in [1.807, 2.05) is 24.4 Å². The highest BCUT2D eigenvalue weighted by atomic mass is 32.1. The number of aromatic nitrogens is 2. The van der Waals surface area contributed by atoms with Crippen LogP contribution in [0.2, 0.25) is 0 Å². The second-order valence-electron chi connectivity index (χ2n) is 7.85. The van der Waals surface area contributed by atoms with Gasteiger partial charge in [0.05, 0.1) is 17.8 Å². The zero-order valence-corrected chi connectivity index (χ0v) is 18.6. The van der Waals surface area contributed by atoms with Crippen molar-refractivity contribution in [1.82, 2.24) is 19.8 Å². The third kappa shape index (κ3) is 4.05. The van der Waals surface area contributed by atoms with Crippen LogP contribution in [-0.2, 0) is 7.05 Å². The number of hydrogen-bond acceptors (Lipinski definition) is 3. The van der Waals surface area contributed by atoms with Gasteiger partial charge < -0.3 is 20.1 Å². The number of pyridine rings is 1. The maximum Gasteiger partial charge on any atom is 0.170 e. The van der Waals surface area contributed by atoms with Gasteiger partial charge in [-0.2, -0.15) is 0 Å². The molecule has 3 heterocycles. The van der Waals surface area contributed by atoms with E-state index < -0.39 is 0 Å². The second kappa shape index (κ2) is 8.88. The number of para-hydroxylation sites is 1. The number of anilines is 1. The molecular weight excluding hydrogens is 390 g/mol. The summed E-state index contributed by atoms with van der Waals surface area (Å²) in [5.74, 6) is 0. The summed E-state index contributed by atoms with van der Waals surface area (Å²) in [5.41, 5.74) is 6.02. The molecule has 0 aliphatic carbocycles. The molecule has 0 radical (unpaired) electrons. The number of hydrogen-bond donors (Lipinski definition) is 2. The smallest absolute Gasteiger partial charge is 0.170 e. The van der Waals surface area contributed by atoms with E-state index in [-0.39, 0.29) is 12.1 Å². The quantitative estimate of drug-likeness (QED) is 0.436. The summed E-state index contributed by atoms with van der Waals surface area (Å²) in [6.45, 7) is 6.12. The molecule has 4 rings (SSSR count).